The molecule has 258 valence electrons. The van der Waals surface area contributed by atoms with Crippen LogP contribution in [0.2, 0.25) is 0 Å². The predicted molar refractivity (Wildman–Crippen MR) is 186 cm³/mol. The zero-order valence-electron chi connectivity index (χ0n) is 28.5. The Balaban J connectivity index is 1.58. The van der Waals surface area contributed by atoms with Crippen molar-refractivity contribution in [2.75, 3.05) is 51.1 Å². The lowest BCUT2D eigenvalue weighted by atomic mass is 10.0. The van der Waals surface area contributed by atoms with Gasteiger partial charge in [-0.15, -0.1) is 0 Å². The number of benzene rings is 3. The van der Waals surface area contributed by atoms with E-state index in [4.69, 9.17) is 14.2 Å². The van der Waals surface area contributed by atoms with E-state index in [1.165, 1.54) is 0 Å². The zero-order chi connectivity index (χ0) is 34.6. The largest absolute Gasteiger partial charge is 0.497 e. The van der Waals surface area contributed by atoms with Gasteiger partial charge in [-0.05, 0) is 87.7 Å². The number of hydrogen-bond donors (Lipinski definition) is 3. The number of aliphatic hydroxyl groups excluding tert-OH is 1. The third-order valence-corrected chi connectivity index (χ3v) is 8.49. The summed E-state index contributed by atoms with van der Waals surface area (Å²) in [6, 6.07) is 20.2. The van der Waals surface area contributed by atoms with Crippen molar-refractivity contribution in [3.8, 4) is 11.5 Å². The Labute approximate surface area is 283 Å². The molecule has 0 unspecified atom stereocenters. The maximum absolute atomic E-state index is 14.4. The van der Waals surface area contributed by atoms with Crippen molar-refractivity contribution in [2.45, 2.75) is 58.3 Å². The van der Waals surface area contributed by atoms with Gasteiger partial charge in [0.1, 0.15) is 11.5 Å². The van der Waals surface area contributed by atoms with E-state index in [1.54, 1.807) is 97.6 Å². The molecule has 3 aromatic rings. The number of urea groups is 1. The highest BCUT2D eigenvalue weighted by Crippen LogP contribution is 2.29. The number of likely N-dealkylation sites (N-methyl/N-ethyl adjacent to an activating group) is 1. The molecule has 0 bridgehead atoms. The van der Waals surface area contributed by atoms with Crippen LogP contribution in [0, 0.1) is 5.92 Å². The molecule has 0 saturated heterocycles. The second-order valence-corrected chi connectivity index (χ2v) is 12.4. The van der Waals surface area contributed by atoms with E-state index in [-0.39, 0.29) is 55.1 Å². The van der Waals surface area contributed by atoms with Gasteiger partial charge in [-0.25, -0.2) is 4.79 Å². The smallest absolute Gasteiger partial charge is 0.321 e. The van der Waals surface area contributed by atoms with Crippen LogP contribution in [0.4, 0.5) is 16.2 Å². The van der Waals surface area contributed by atoms with Crippen molar-refractivity contribution in [2.24, 2.45) is 5.92 Å². The maximum atomic E-state index is 14.4. The first kappa shape index (κ1) is 36.2. The van der Waals surface area contributed by atoms with Gasteiger partial charge < -0.3 is 39.8 Å². The third-order valence-electron chi connectivity index (χ3n) is 8.49. The van der Waals surface area contributed by atoms with Gasteiger partial charge in [0.05, 0.1) is 37.5 Å². The van der Waals surface area contributed by atoms with E-state index in [2.05, 4.69) is 10.6 Å². The number of ether oxygens (including phenoxy) is 3. The Kier molecular flexibility index (Phi) is 13.2. The molecule has 0 fully saturated rings. The number of methoxy groups -OCH3 is 1. The van der Waals surface area contributed by atoms with Crippen LogP contribution in [0.15, 0.2) is 72.8 Å². The second kappa shape index (κ2) is 17.5. The molecule has 0 aliphatic carbocycles. The van der Waals surface area contributed by atoms with Gasteiger partial charge in [-0.1, -0.05) is 25.1 Å². The minimum Gasteiger partial charge on any atom is -0.497 e. The molecule has 11 nitrogen and oxygen atoms in total. The van der Waals surface area contributed by atoms with Gasteiger partial charge in [0.2, 0.25) is 0 Å². The number of rotatable bonds is 8. The molecule has 48 heavy (non-hydrogen) atoms. The molecule has 0 radical (unpaired) electrons. The molecule has 1 heterocycles. The predicted octanol–water partition coefficient (Wildman–Crippen LogP) is 5.91. The maximum Gasteiger partial charge on any atom is 0.321 e. The van der Waals surface area contributed by atoms with E-state index in [0.29, 0.717) is 35.0 Å². The highest BCUT2D eigenvalue weighted by atomic mass is 16.5. The Morgan fingerprint density at radius 2 is 1.73 bits per heavy atom. The van der Waals surface area contributed by atoms with Crippen LogP contribution in [0.3, 0.4) is 0 Å². The van der Waals surface area contributed by atoms with Crippen molar-refractivity contribution in [3.05, 3.63) is 83.9 Å². The summed E-state index contributed by atoms with van der Waals surface area (Å²) in [5.41, 5.74) is 1.86. The zero-order valence-corrected chi connectivity index (χ0v) is 28.5. The minimum absolute atomic E-state index is 0.185. The van der Waals surface area contributed by atoms with Gasteiger partial charge in [0, 0.05) is 49.6 Å². The quantitative estimate of drug-likeness (QED) is 0.274. The summed E-state index contributed by atoms with van der Waals surface area (Å²) in [6.45, 7) is 6.47. The number of hydrogen-bond acceptors (Lipinski definition) is 7. The fraction of sp³-hybridized carbons (Fsp3) is 0.432. The highest BCUT2D eigenvalue weighted by molar-refractivity contribution is 6.05. The van der Waals surface area contributed by atoms with Crippen molar-refractivity contribution < 1.29 is 33.7 Å². The average molecular weight is 661 g/mol. The molecule has 3 aromatic carbocycles. The SMILES string of the molecule is COc1ccc(NC(=O)N(C)C[C@H]2OCCCC[C@H](C)Oc3ccc(NC(=O)c4ccccc4)cc3C(=O)N([C@H](C)CO)C[C@H]2C)cc1. The van der Waals surface area contributed by atoms with E-state index in [9.17, 15) is 19.5 Å². The standard InChI is InChI=1S/C37H48N4O7/c1-25-22-41(26(2)24-42)36(44)32-21-30(38-35(43)28-12-7-6-8-13-28)16-19-33(32)48-27(3)11-9-10-20-47-34(25)23-40(4)37(45)39-29-14-17-31(46-5)18-15-29/h6-8,12-19,21,25-27,34,42H,9-11,20,22-24H2,1-5H3,(H,38,43)(H,39,45)/t25-,26-,27+,34-/m1/s1. The fourth-order valence-electron chi connectivity index (χ4n) is 5.50. The number of carbonyl (C=O) groups is 3. The molecule has 1 aliphatic heterocycles. The van der Waals surface area contributed by atoms with Crippen LogP contribution in [0.1, 0.15) is 60.7 Å². The van der Waals surface area contributed by atoms with Crippen LogP contribution >= 0.6 is 0 Å². The first-order valence-corrected chi connectivity index (χ1v) is 16.5. The van der Waals surface area contributed by atoms with Gasteiger partial charge in [0.15, 0.2) is 0 Å². The van der Waals surface area contributed by atoms with Crippen molar-refractivity contribution in [1.82, 2.24) is 9.80 Å². The van der Waals surface area contributed by atoms with Crippen molar-refractivity contribution >= 4 is 29.2 Å². The fourth-order valence-corrected chi connectivity index (χ4v) is 5.50. The van der Waals surface area contributed by atoms with E-state index >= 15 is 0 Å². The van der Waals surface area contributed by atoms with Gasteiger partial charge >= 0.3 is 6.03 Å². The number of aliphatic hydroxyl groups is 1. The number of nitrogens with one attached hydrogen (secondary N) is 2. The summed E-state index contributed by atoms with van der Waals surface area (Å²) in [6.07, 6.45) is 1.80. The summed E-state index contributed by atoms with van der Waals surface area (Å²) in [4.78, 5) is 43.6. The molecular weight excluding hydrogens is 612 g/mol. The number of carbonyl (C=O) groups excluding carboxylic acids is 3. The van der Waals surface area contributed by atoms with Gasteiger partial charge in [0.25, 0.3) is 11.8 Å². The molecule has 1 aliphatic rings. The van der Waals surface area contributed by atoms with E-state index < -0.39 is 12.1 Å². The lowest BCUT2D eigenvalue weighted by Gasteiger charge is -2.35. The van der Waals surface area contributed by atoms with Crippen LogP contribution < -0.4 is 20.1 Å². The second-order valence-electron chi connectivity index (χ2n) is 12.4. The molecule has 4 atom stereocenters. The summed E-state index contributed by atoms with van der Waals surface area (Å²) in [5.74, 6) is 0.241. The number of amides is 4. The van der Waals surface area contributed by atoms with Crippen LogP contribution in [0.5, 0.6) is 11.5 Å². The summed E-state index contributed by atoms with van der Waals surface area (Å²) in [5, 5.41) is 16.0. The average Bonchev–Trinajstić information content (AvgIpc) is 3.10. The summed E-state index contributed by atoms with van der Waals surface area (Å²) < 4.78 is 17.9. The number of fused-ring (bicyclic) bond motifs is 1. The minimum atomic E-state index is -0.530. The molecule has 11 heteroatoms. The van der Waals surface area contributed by atoms with Gasteiger partial charge in [-0.2, -0.15) is 0 Å². The van der Waals surface area contributed by atoms with Crippen molar-refractivity contribution in [1.29, 1.82) is 0 Å². The van der Waals surface area contributed by atoms with E-state index in [1.807, 2.05) is 19.9 Å². The van der Waals surface area contributed by atoms with Crippen molar-refractivity contribution in [3.63, 3.8) is 0 Å². The number of anilines is 2. The topological polar surface area (TPSA) is 130 Å². The summed E-state index contributed by atoms with van der Waals surface area (Å²) >= 11 is 0. The van der Waals surface area contributed by atoms with Crippen LogP contribution in [0.25, 0.3) is 0 Å². The van der Waals surface area contributed by atoms with E-state index in [0.717, 1.165) is 19.3 Å². The molecule has 4 amide bonds. The molecular formula is C37H48N4O7. The third kappa shape index (κ3) is 9.95. The first-order valence-electron chi connectivity index (χ1n) is 16.5. The normalized spacial score (nSPS) is 19.6. The Hall–Kier alpha value is -4.61. The molecule has 0 aromatic heterocycles. The van der Waals surface area contributed by atoms with Crippen LogP contribution in [-0.2, 0) is 4.74 Å². The molecule has 3 N–H and O–H groups in total. The lowest BCUT2D eigenvalue weighted by Crippen LogP contribution is -2.48. The molecule has 4 rings (SSSR count). The van der Waals surface area contributed by atoms with Crippen LogP contribution in [-0.4, -0.2) is 91.5 Å². The highest BCUT2D eigenvalue weighted by Gasteiger charge is 2.31. The Morgan fingerprint density at radius 3 is 2.42 bits per heavy atom. The lowest BCUT2D eigenvalue weighted by molar-refractivity contribution is -0.0115. The monoisotopic (exact) mass is 660 g/mol. The Bertz CT molecular complexity index is 1500. The summed E-state index contributed by atoms with van der Waals surface area (Å²) in [7, 11) is 3.29. The first-order chi connectivity index (χ1) is 23.1. The molecule has 0 saturated carbocycles. The van der Waals surface area contributed by atoms with Gasteiger partial charge in [-0.3, -0.25) is 9.59 Å². The number of nitrogens with zero attached hydrogens (tertiary/aromatic N) is 2. The Morgan fingerprint density at radius 1 is 1.02 bits per heavy atom. The molecule has 0 spiro atoms.